The molecule has 0 amide bonds. The Morgan fingerprint density at radius 1 is 1.64 bits per heavy atom. The molecule has 11 heavy (non-hydrogen) atoms. The van der Waals surface area contributed by atoms with Gasteiger partial charge in [0.05, 0.1) is 18.8 Å². The number of esters is 1. The first-order valence-electron chi connectivity index (χ1n) is 3.64. The molecule has 1 N–H and O–H groups in total. The molecule has 0 radical (unpaired) electrons. The van der Waals surface area contributed by atoms with E-state index in [9.17, 15) is 4.79 Å². The number of aliphatic hydroxyl groups is 1. The fraction of sp³-hybridized carbons (Fsp3) is 0.625. The van der Waals surface area contributed by atoms with E-state index in [0.717, 1.165) is 6.26 Å². The van der Waals surface area contributed by atoms with Gasteiger partial charge in [0.1, 0.15) is 0 Å². The van der Waals surface area contributed by atoms with Gasteiger partial charge in [-0.05, 0) is 6.08 Å². The van der Waals surface area contributed by atoms with Gasteiger partial charge in [-0.25, -0.2) is 0 Å². The highest BCUT2D eigenvalue weighted by Gasteiger charge is 2.06. The Kier molecular flexibility index (Phi) is 5.25. The van der Waals surface area contributed by atoms with E-state index in [1.807, 2.05) is 0 Å². The number of hydrogen-bond acceptors (Lipinski definition) is 3. The summed E-state index contributed by atoms with van der Waals surface area (Å²) in [6.07, 6.45) is 3.05. The third-order valence-electron chi connectivity index (χ3n) is 1.11. The molecule has 3 nitrogen and oxygen atoms in total. The van der Waals surface area contributed by atoms with Crippen LogP contribution in [0.25, 0.3) is 0 Å². The van der Waals surface area contributed by atoms with Gasteiger partial charge in [0.2, 0.25) is 0 Å². The van der Waals surface area contributed by atoms with E-state index in [0.29, 0.717) is 13.0 Å². The van der Waals surface area contributed by atoms with Crippen molar-refractivity contribution in [3.63, 3.8) is 0 Å². The zero-order chi connectivity index (χ0) is 8.69. The van der Waals surface area contributed by atoms with E-state index >= 15 is 0 Å². The highest BCUT2D eigenvalue weighted by molar-refractivity contribution is 5.71. The van der Waals surface area contributed by atoms with Gasteiger partial charge in [0, 0.05) is 6.42 Å². The number of carbonyl (C=O) groups is 1. The van der Waals surface area contributed by atoms with Crippen LogP contribution in [0.1, 0.15) is 20.3 Å². The number of aliphatic hydroxyl groups excluding tert-OH is 1. The van der Waals surface area contributed by atoms with Crippen molar-refractivity contribution in [2.75, 3.05) is 6.61 Å². The zero-order valence-corrected chi connectivity index (χ0v) is 6.91. The molecule has 0 aliphatic heterocycles. The lowest BCUT2D eigenvalue weighted by Crippen LogP contribution is -2.11. The van der Waals surface area contributed by atoms with Crippen molar-refractivity contribution in [1.82, 2.24) is 0 Å². The molecule has 0 aliphatic rings. The molecular weight excluding hydrogens is 144 g/mol. The maximum Gasteiger partial charge on any atom is 0.308 e. The molecule has 0 rings (SSSR count). The normalized spacial score (nSPS) is 10.8. The Balaban J connectivity index is 3.32. The summed E-state index contributed by atoms with van der Waals surface area (Å²) in [7, 11) is 0. The van der Waals surface area contributed by atoms with Crippen LogP contribution in [0, 0.1) is 5.92 Å². The fourth-order valence-electron chi connectivity index (χ4n) is 0.469. The van der Waals surface area contributed by atoms with Crippen molar-refractivity contribution in [3.8, 4) is 0 Å². The Morgan fingerprint density at radius 3 is 2.73 bits per heavy atom. The summed E-state index contributed by atoms with van der Waals surface area (Å²) in [5.41, 5.74) is 0. The highest BCUT2D eigenvalue weighted by atomic mass is 16.5. The number of ether oxygens (including phenoxy) is 1. The molecule has 0 fully saturated rings. The largest absolute Gasteiger partial charge is 0.516 e. The summed E-state index contributed by atoms with van der Waals surface area (Å²) in [6.45, 7) is 3.91. The maximum atomic E-state index is 10.8. The van der Waals surface area contributed by atoms with E-state index in [-0.39, 0.29) is 11.9 Å². The standard InChI is InChI=1S/C8H14O3/c1-7(2)8(10)11-6-4-3-5-9/h3,5,7,9H,4,6H2,1-2H3/b5-3-. The predicted octanol–water partition coefficient (Wildman–Crippen LogP) is 1.65. The third-order valence-corrected chi connectivity index (χ3v) is 1.11. The second-order valence-corrected chi connectivity index (χ2v) is 2.50. The molecule has 0 saturated carbocycles. The Bertz CT molecular complexity index is 138. The van der Waals surface area contributed by atoms with E-state index in [4.69, 9.17) is 9.84 Å². The second-order valence-electron chi connectivity index (χ2n) is 2.50. The Labute approximate surface area is 66.7 Å². The van der Waals surface area contributed by atoms with Crippen LogP contribution in [0.4, 0.5) is 0 Å². The van der Waals surface area contributed by atoms with Crippen LogP contribution in [-0.2, 0) is 9.53 Å². The van der Waals surface area contributed by atoms with Gasteiger partial charge in [-0.2, -0.15) is 0 Å². The molecule has 0 bridgehead atoms. The van der Waals surface area contributed by atoms with Gasteiger partial charge in [0.15, 0.2) is 0 Å². The molecule has 0 saturated heterocycles. The summed E-state index contributed by atoms with van der Waals surface area (Å²) in [5, 5.41) is 8.22. The molecule has 0 aromatic carbocycles. The molecule has 0 atom stereocenters. The second kappa shape index (κ2) is 5.77. The van der Waals surface area contributed by atoms with E-state index in [1.54, 1.807) is 13.8 Å². The van der Waals surface area contributed by atoms with Crippen molar-refractivity contribution < 1.29 is 14.6 Å². The topological polar surface area (TPSA) is 46.5 Å². The molecule has 0 aliphatic carbocycles. The Morgan fingerprint density at radius 2 is 2.27 bits per heavy atom. The van der Waals surface area contributed by atoms with Gasteiger partial charge in [-0.15, -0.1) is 0 Å². The van der Waals surface area contributed by atoms with Crippen LogP contribution in [0.3, 0.4) is 0 Å². The quantitative estimate of drug-likeness (QED) is 0.384. The number of hydrogen-bond donors (Lipinski definition) is 1. The molecule has 0 aromatic rings. The third kappa shape index (κ3) is 5.45. The first-order chi connectivity index (χ1) is 5.18. The van der Waals surface area contributed by atoms with E-state index in [1.165, 1.54) is 6.08 Å². The molecule has 0 spiro atoms. The minimum Gasteiger partial charge on any atom is -0.516 e. The van der Waals surface area contributed by atoms with Crippen LogP contribution < -0.4 is 0 Å². The zero-order valence-electron chi connectivity index (χ0n) is 6.91. The SMILES string of the molecule is CC(C)C(=O)OCC/C=C\O. The summed E-state index contributed by atoms with van der Waals surface area (Å²) in [6, 6.07) is 0. The maximum absolute atomic E-state index is 10.8. The van der Waals surface area contributed by atoms with Crippen LogP contribution in [-0.4, -0.2) is 17.7 Å². The summed E-state index contributed by atoms with van der Waals surface area (Å²) in [5.74, 6) is -0.274. The van der Waals surface area contributed by atoms with Crippen LogP contribution in [0.15, 0.2) is 12.3 Å². The van der Waals surface area contributed by atoms with Gasteiger partial charge >= 0.3 is 5.97 Å². The van der Waals surface area contributed by atoms with Crippen molar-refractivity contribution >= 4 is 5.97 Å². The molecule has 0 unspecified atom stereocenters. The van der Waals surface area contributed by atoms with Gasteiger partial charge in [-0.3, -0.25) is 4.79 Å². The molecule has 0 aromatic heterocycles. The van der Waals surface area contributed by atoms with Gasteiger partial charge < -0.3 is 9.84 Å². The fourth-order valence-corrected chi connectivity index (χ4v) is 0.469. The molecular formula is C8H14O3. The summed E-state index contributed by atoms with van der Waals surface area (Å²) in [4.78, 5) is 10.8. The lowest BCUT2D eigenvalue weighted by atomic mass is 10.2. The van der Waals surface area contributed by atoms with Crippen LogP contribution >= 0.6 is 0 Å². The number of rotatable bonds is 4. The highest BCUT2D eigenvalue weighted by Crippen LogP contribution is 1.96. The van der Waals surface area contributed by atoms with E-state index in [2.05, 4.69) is 0 Å². The molecule has 64 valence electrons. The Hall–Kier alpha value is -0.990. The summed E-state index contributed by atoms with van der Waals surface area (Å²) < 4.78 is 4.80. The summed E-state index contributed by atoms with van der Waals surface area (Å²) >= 11 is 0. The minimum atomic E-state index is -0.198. The number of carbonyl (C=O) groups excluding carboxylic acids is 1. The lowest BCUT2D eigenvalue weighted by molar-refractivity contribution is -0.147. The monoisotopic (exact) mass is 158 g/mol. The van der Waals surface area contributed by atoms with Gasteiger partial charge in [-0.1, -0.05) is 13.8 Å². The van der Waals surface area contributed by atoms with E-state index < -0.39 is 0 Å². The smallest absolute Gasteiger partial charge is 0.308 e. The first-order valence-corrected chi connectivity index (χ1v) is 3.64. The van der Waals surface area contributed by atoms with Crippen LogP contribution in [0.2, 0.25) is 0 Å². The molecule has 0 heterocycles. The first kappa shape index (κ1) is 10.0. The molecule has 3 heteroatoms. The van der Waals surface area contributed by atoms with Crippen molar-refractivity contribution in [1.29, 1.82) is 0 Å². The average molecular weight is 158 g/mol. The minimum absolute atomic E-state index is 0.0758. The lowest BCUT2D eigenvalue weighted by Gasteiger charge is -2.04. The average Bonchev–Trinajstić information content (AvgIpc) is 1.97. The van der Waals surface area contributed by atoms with Crippen LogP contribution in [0.5, 0.6) is 0 Å². The van der Waals surface area contributed by atoms with Crippen molar-refractivity contribution in [3.05, 3.63) is 12.3 Å². The van der Waals surface area contributed by atoms with Gasteiger partial charge in [0.25, 0.3) is 0 Å². The van der Waals surface area contributed by atoms with Crippen molar-refractivity contribution in [2.45, 2.75) is 20.3 Å². The van der Waals surface area contributed by atoms with Crippen molar-refractivity contribution in [2.24, 2.45) is 5.92 Å². The predicted molar refractivity (Wildman–Crippen MR) is 42.2 cm³/mol.